The Balaban J connectivity index is 1.40. The second-order valence-corrected chi connectivity index (χ2v) is 6.38. The molecule has 2 aromatic carbocycles. The number of amides is 3. The highest BCUT2D eigenvalue weighted by Crippen LogP contribution is 2.30. The maximum atomic E-state index is 12.1. The molecule has 2 aromatic rings. The number of urea groups is 1. The molecule has 0 fully saturated rings. The Morgan fingerprint density at radius 2 is 1.80 bits per heavy atom. The molecule has 0 aliphatic heterocycles. The topological polar surface area (TPSA) is 70.2 Å². The molecule has 0 aromatic heterocycles. The third kappa shape index (κ3) is 4.59. The maximum absolute atomic E-state index is 12.1. The molecular weight excluding hydrogens is 314 g/mol. The normalized spacial score (nSPS) is 15.3. The van der Waals surface area contributed by atoms with Crippen molar-refractivity contribution in [1.29, 1.82) is 0 Å². The minimum atomic E-state index is -0.345. The van der Waals surface area contributed by atoms with Gasteiger partial charge >= 0.3 is 6.03 Å². The van der Waals surface area contributed by atoms with E-state index in [1.807, 2.05) is 43.3 Å². The van der Waals surface area contributed by atoms with Gasteiger partial charge in [0.15, 0.2) is 0 Å². The van der Waals surface area contributed by atoms with Gasteiger partial charge in [0.2, 0.25) is 5.91 Å². The highest BCUT2D eigenvalue weighted by atomic mass is 16.2. The highest BCUT2D eigenvalue weighted by molar-refractivity contribution is 5.84. The summed E-state index contributed by atoms with van der Waals surface area (Å²) in [6.45, 7) is 2.42. The molecule has 1 aliphatic rings. The number of rotatable bonds is 5. The second kappa shape index (κ2) is 7.83. The lowest BCUT2D eigenvalue weighted by atomic mass is 10.1. The molecule has 5 heteroatoms. The van der Waals surface area contributed by atoms with Crippen LogP contribution in [0, 0.1) is 6.92 Å². The van der Waals surface area contributed by atoms with Crippen LogP contribution < -0.4 is 16.0 Å². The van der Waals surface area contributed by atoms with Crippen molar-refractivity contribution >= 4 is 11.9 Å². The Labute approximate surface area is 147 Å². The molecule has 130 valence electrons. The summed E-state index contributed by atoms with van der Waals surface area (Å²) in [6, 6.07) is 15.8. The molecule has 1 aliphatic carbocycles. The van der Waals surface area contributed by atoms with Crippen LogP contribution in [0.15, 0.2) is 48.5 Å². The third-order valence-electron chi connectivity index (χ3n) is 4.45. The SMILES string of the molecule is Cc1ccc(CNC(=O)NCC(=O)NC2CCc3ccccc32)cc1. The minimum Gasteiger partial charge on any atom is -0.348 e. The molecule has 0 saturated heterocycles. The fraction of sp³-hybridized carbons (Fsp3) is 0.300. The zero-order chi connectivity index (χ0) is 17.6. The van der Waals surface area contributed by atoms with E-state index in [9.17, 15) is 9.59 Å². The zero-order valence-corrected chi connectivity index (χ0v) is 14.3. The van der Waals surface area contributed by atoms with Crippen LogP contribution in [0.3, 0.4) is 0 Å². The fourth-order valence-electron chi connectivity index (χ4n) is 3.06. The van der Waals surface area contributed by atoms with Crippen molar-refractivity contribution in [2.75, 3.05) is 6.54 Å². The van der Waals surface area contributed by atoms with E-state index in [0.717, 1.165) is 18.4 Å². The van der Waals surface area contributed by atoms with Crippen LogP contribution in [-0.4, -0.2) is 18.5 Å². The number of hydrogen-bond acceptors (Lipinski definition) is 2. The van der Waals surface area contributed by atoms with Crippen LogP contribution in [0.4, 0.5) is 4.79 Å². The third-order valence-corrected chi connectivity index (χ3v) is 4.45. The standard InChI is InChI=1S/C20H23N3O2/c1-14-6-8-15(9-7-14)12-21-20(25)22-13-19(24)23-18-11-10-16-4-2-3-5-17(16)18/h2-9,18H,10-13H2,1H3,(H,23,24)(H2,21,22,25). The molecule has 0 heterocycles. The van der Waals surface area contributed by atoms with Crippen molar-refractivity contribution in [2.45, 2.75) is 32.4 Å². The van der Waals surface area contributed by atoms with E-state index in [-0.39, 0.29) is 24.5 Å². The van der Waals surface area contributed by atoms with E-state index in [0.29, 0.717) is 6.54 Å². The first kappa shape index (κ1) is 17.0. The van der Waals surface area contributed by atoms with Crippen LogP contribution in [0.2, 0.25) is 0 Å². The van der Waals surface area contributed by atoms with Gasteiger partial charge < -0.3 is 16.0 Å². The van der Waals surface area contributed by atoms with E-state index in [1.165, 1.54) is 16.7 Å². The van der Waals surface area contributed by atoms with Gasteiger partial charge in [-0.05, 0) is 36.5 Å². The van der Waals surface area contributed by atoms with Crippen molar-refractivity contribution in [3.8, 4) is 0 Å². The van der Waals surface area contributed by atoms with E-state index >= 15 is 0 Å². The summed E-state index contributed by atoms with van der Waals surface area (Å²) in [7, 11) is 0. The predicted molar refractivity (Wildman–Crippen MR) is 97.1 cm³/mol. The molecule has 5 nitrogen and oxygen atoms in total. The molecule has 3 N–H and O–H groups in total. The predicted octanol–water partition coefficient (Wildman–Crippen LogP) is 2.60. The number of nitrogens with one attached hydrogen (secondary N) is 3. The summed E-state index contributed by atoms with van der Waals surface area (Å²) >= 11 is 0. The quantitative estimate of drug-likeness (QED) is 0.785. The number of fused-ring (bicyclic) bond motifs is 1. The lowest BCUT2D eigenvalue weighted by Gasteiger charge is -2.14. The molecule has 0 radical (unpaired) electrons. The van der Waals surface area contributed by atoms with Gasteiger partial charge in [0.1, 0.15) is 0 Å². The Morgan fingerprint density at radius 3 is 2.60 bits per heavy atom. The molecule has 3 amide bonds. The molecule has 0 spiro atoms. The Morgan fingerprint density at radius 1 is 1.04 bits per heavy atom. The molecular formula is C20H23N3O2. The Bertz CT molecular complexity index is 756. The number of benzene rings is 2. The van der Waals surface area contributed by atoms with Crippen LogP contribution in [0.1, 0.15) is 34.7 Å². The highest BCUT2D eigenvalue weighted by Gasteiger charge is 2.23. The molecule has 25 heavy (non-hydrogen) atoms. The molecule has 1 atom stereocenters. The fourth-order valence-corrected chi connectivity index (χ4v) is 3.06. The van der Waals surface area contributed by atoms with Crippen molar-refractivity contribution in [3.05, 3.63) is 70.8 Å². The van der Waals surface area contributed by atoms with E-state index in [1.54, 1.807) is 0 Å². The summed E-state index contributed by atoms with van der Waals surface area (Å²) in [5.74, 6) is -0.174. The van der Waals surface area contributed by atoms with Crippen LogP contribution in [0.5, 0.6) is 0 Å². The van der Waals surface area contributed by atoms with Gasteiger partial charge in [-0.25, -0.2) is 4.79 Å². The number of carbonyl (C=O) groups excluding carboxylic acids is 2. The average Bonchev–Trinajstić information content (AvgIpc) is 3.02. The average molecular weight is 337 g/mol. The van der Waals surface area contributed by atoms with Crippen LogP contribution >= 0.6 is 0 Å². The monoisotopic (exact) mass is 337 g/mol. The van der Waals surface area contributed by atoms with E-state index in [2.05, 4.69) is 28.1 Å². The van der Waals surface area contributed by atoms with E-state index < -0.39 is 0 Å². The van der Waals surface area contributed by atoms with Crippen molar-refractivity contribution in [1.82, 2.24) is 16.0 Å². The zero-order valence-electron chi connectivity index (χ0n) is 14.3. The number of aryl methyl sites for hydroxylation is 2. The van der Waals surface area contributed by atoms with Gasteiger partial charge in [-0.3, -0.25) is 4.79 Å². The summed E-state index contributed by atoms with van der Waals surface area (Å²) in [6.07, 6.45) is 1.89. The maximum Gasteiger partial charge on any atom is 0.315 e. The summed E-state index contributed by atoms with van der Waals surface area (Å²) in [5.41, 5.74) is 4.67. The largest absolute Gasteiger partial charge is 0.348 e. The summed E-state index contributed by atoms with van der Waals surface area (Å²) < 4.78 is 0. The lowest BCUT2D eigenvalue weighted by Crippen LogP contribution is -2.42. The van der Waals surface area contributed by atoms with Gasteiger partial charge in [0, 0.05) is 6.54 Å². The van der Waals surface area contributed by atoms with Gasteiger partial charge in [-0.15, -0.1) is 0 Å². The summed E-state index contributed by atoms with van der Waals surface area (Å²) in [5, 5.41) is 8.34. The molecule has 3 rings (SSSR count). The van der Waals surface area contributed by atoms with Gasteiger partial charge in [0.25, 0.3) is 0 Å². The van der Waals surface area contributed by atoms with Crippen LogP contribution in [-0.2, 0) is 17.8 Å². The number of carbonyl (C=O) groups is 2. The van der Waals surface area contributed by atoms with Gasteiger partial charge in [0.05, 0.1) is 12.6 Å². The van der Waals surface area contributed by atoms with E-state index in [4.69, 9.17) is 0 Å². The van der Waals surface area contributed by atoms with Crippen molar-refractivity contribution < 1.29 is 9.59 Å². The van der Waals surface area contributed by atoms with Gasteiger partial charge in [-0.1, -0.05) is 54.1 Å². The van der Waals surface area contributed by atoms with Crippen molar-refractivity contribution in [2.24, 2.45) is 0 Å². The molecule has 0 saturated carbocycles. The first-order valence-corrected chi connectivity index (χ1v) is 8.56. The summed E-state index contributed by atoms with van der Waals surface area (Å²) in [4.78, 5) is 23.9. The first-order chi connectivity index (χ1) is 12.1. The van der Waals surface area contributed by atoms with Crippen molar-refractivity contribution in [3.63, 3.8) is 0 Å². The van der Waals surface area contributed by atoms with Gasteiger partial charge in [-0.2, -0.15) is 0 Å². The Kier molecular flexibility index (Phi) is 5.33. The van der Waals surface area contributed by atoms with Crippen LogP contribution in [0.25, 0.3) is 0 Å². The first-order valence-electron chi connectivity index (χ1n) is 8.56. The second-order valence-electron chi connectivity index (χ2n) is 6.38. The Hall–Kier alpha value is -2.82. The molecule has 0 bridgehead atoms. The number of hydrogen-bond donors (Lipinski definition) is 3. The lowest BCUT2D eigenvalue weighted by molar-refractivity contribution is -0.120. The molecule has 1 unspecified atom stereocenters. The smallest absolute Gasteiger partial charge is 0.315 e. The minimum absolute atomic E-state index is 0.0294.